The molecule has 2 saturated heterocycles. The molecule has 2 heterocycles. The number of hydrogen-bond acceptors (Lipinski definition) is 5. The van der Waals surface area contributed by atoms with Crippen LogP contribution in [-0.4, -0.2) is 112 Å². The van der Waals surface area contributed by atoms with E-state index in [4.69, 9.17) is 4.74 Å². The molecule has 0 unspecified atom stereocenters. The summed E-state index contributed by atoms with van der Waals surface area (Å²) in [6.45, 7) is 8.72. The highest BCUT2D eigenvalue weighted by Gasteiger charge is 2.24. The van der Waals surface area contributed by atoms with Crippen LogP contribution < -0.4 is 0 Å². The summed E-state index contributed by atoms with van der Waals surface area (Å²) in [4.78, 5) is 21.5. The molecule has 0 spiro atoms. The predicted octanol–water partition coefficient (Wildman–Crippen LogP) is -0.339. The summed E-state index contributed by atoms with van der Waals surface area (Å²) in [6, 6.07) is 0. The second kappa shape index (κ2) is 8.82. The lowest BCUT2D eigenvalue weighted by Gasteiger charge is -2.28. The third kappa shape index (κ3) is 5.83. The van der Waals surface area contributed by atoms with Crippen molar-refractivity contribution in [2.75, 3.05) is 86.7 Å². The molecule has 1 atom stereocenters. The van der Waals surface area contributed by atoms with Crippen LogP contribution in [-0.2, 0) is 9.53 Å². The van der Waals surface area contributed by atoms with E-state index in [0.717, 1.165) is 58.8 Å². The summed E-state index contributed by atoms with van der Waals surface area (Å²) in [7, 11) is 6.30. The van der Waals surface area contributed by atoms with Crippen LogP contribution in [0.1, 0.15) is 6.42 Å². The van der Waals surface area contributed by atoms with Gasteiger partial charge in [-0.05, 0) is 40.7 Å². The number of carbonyl (C=O) groups excluding carboxylic acids is 1. The van der Waals surface area contributed by atoms with Gasteiger partial charge in [-0.1, -0.05) is 0 Å². The highest BCUT2D eigenvalue weighted by atomic mass is 16.5. The van der Waals surface area contributed by atoms with Crippen LogP contribution in [0.4, 0.5) is 0 Å². The van der Waals surface area contributed by atoms with Crippen LogP contribution >= 0.6 is 0 Å². The van der Waals surface area contributed by atoms with E-state index in [1.54, 1.807) is 0 Å². The van der Waals surface area contributed by atoms with Crippen LogP contribution in [0.3, 0.4) is 0 Å². The molecular formula is C16H32N4O2. The zero-order valence-electron chi connectivity index (χ0n) is 14.5. The van der Waals surface area contributed by atoms with Gasteiger partial charge in [0, 0.05) is 38.6 Å². The SMILES string of the molecule is CN(C)C[C@H]1COCCN(C(=O)CN2CCCN(C)CC2)C1. The van der Waals surface area contributed by atoms with E-state index >= 15 is 0 Å². The predicted molar refractivity (Wildman–Crippen MR) is 88.0 cm³/mol. The van der Waals surface area contributed by atoms with Gasteiger partial charge < -0.3 is 19.4 Å². The highest BCUT2D eigenvalue weighted by Crippen LogP contribution is 2.10. The summed E-state index contributed by atoms with van der Waals surface area (Å²) in [5.41, 5.74) is 0. The fourth-order valence-corrected chi connectivity index (χ4v) is 3.28. The Hall–Kier alpha value is -0.690. The lowest BCUT2D eigenvalue weighted by atomic mass is 10.1. The van der Waals surface area contributed by atoms with Gasteiger partial charge in [0.25, 0.3) is 0 Å². The average molecular weight is 312 g/mol. The number of hydrogen-bond donors (Lipinski definition) is 0. The molecule has 2 aliphatic rings. The first-order valence-corrected chi connectivity index (χ1v) is 8.45. The summed E-state index contributed by atoms with van der Waals surface area (Å²) in [5.74, 6) is 0.676. The lowest BCUT2D eigenvalue weighted by molar-refractivity contribution is -0.132. The first kappa shape index (κ1) is 17.7. The van der Waals surface area contributed by atoms with E-state index < -0.39 is 0 Å². The maximum absolute atomic E-state index is 12.6. The molecular weight excluding hydrogens is 280 g/mol. The Labute approximate surface area is 135 Å². The molecule has 0 saturated carbocycles. The van der Waals surface area contributed by atoms with Crippen molar-refractivity contribution in [2.45, 2.75) is 6.42 Å². The number of amides is 1. The van der Waals surface area contributed by atoms with E-state index in [1.807, 2.05) is 4.90 Å². The first-order valence-electron chi connectivity index (χ1n) is 8.45. The van der Waals surface area contributed by atoms with Crippen molar-refractivity contribution >= 4 is 5.91 Å². The zero-order valence-corrected chi connectivity index (χ0v) is 14.5. The number of rotatable bonds is 4. The Morgan fingerprint density at radius 1 is 1.18 bits per heavy atom. The number of carbonyl (C=O) groups is 1. The molecule has 22 heavy (non-hydrogen) atoms. The molecule has 0 N–H and O–H groups in total. The molecule has 0 aromatic carbocycles. The maximum atomic E-state index is 12.6. The van der Waals surface area contributed by atoms with Crippen molar-refractivity contribution in [1.82, 2.24) is 19.6 Å². The smallest absolute Gasteiger partial charge is 0.236 e. The summed E-state index contributed by atoms with van der Waals surface area (Å²) < 4.78 is 5.67. The average Bonchev–Trinajstić information content (AvgIpc) is 2.79. The van der Waals surface area contributed by atoms with Crippen LogP contribution in [0.2, 0.25) is 0 Å². The van der Waals surface area contributed by atoms with E-state index in [1.165, 1.54) is 0 Å². The van der Waals surface area contributed by atoms with Gasteiger partial charge in [0.05, 0.1) is 19.8 Å². The van der Waals surface area contributed by atoms with Gasteiger partial charge in [-0.3, -0.25) is 9.69 Å². The molecule has 1 amide bonds. The Morgan fingerprint density at radius 3 is 2.77 bits per heavy atom. The standard InChI is InChI=1S/C16H32N4O2/c1-17(2)11-15-12-20(9-10-22-14-15)16(21)13-19-6-4-5-18(3)7-8-19/h15H,4-14H2,1-3H3/t15-/m1/s1. The number of likely N-dealkylation sites (N-methyl/N-ethyl adjacent to an activating group) is 1. The summed E-state index contributed by atoms with van der Waals surface area (Å²) in [6.07, 6.45) is 1.15. The van der Waals surface area contributed by atoms with E-state index in [9.17, 15) is 4.79 Å². The summed E-state index contributed by atoms with van der Waals surface area (Å²) in [5, 5.41) is 0. The van der Waals surface area contributed by atoms with Crippen LogP contribution in [0.5, 0.6) is 0 Å². The van der Waals surface area contributed by atoms with Gasteiger partial charge in [-0.2, -0.15) is 0 Å². The Balaban J connectivity index is 1.84. The highest BCUT2D eigenvalue weighted by molar-refractivity contribution is 5.78. The van der Waals surface area contributed by atoms with Crippen molar-refractivity contribution in [2.24, 2.45) is 5.92 Å². The Kier molecular flexibility index (Phi) is 7.08. The van der Waals surface area contributed by atoms with Gasteiger partial charge in [-0.25, -0.2) is 0 Å². The third-order valence-electron chi connectivity index (χ3n) is 4.48. The molecule has 0 aromatic rings. The van der Waals surface area contributed by atoms with Gasteiger partial charge in [0.15, 0.2) is 0 Å². The van der Waals surface area contributed by atoms with Gasteiger partial charge in [0.2, 0.25) is 5.91 Å². The van der Waals surface area contributed by atoms with Crippen LogP contribution in [0, 0.1) is 5.92 Å². The molecule has 2 rings (SSSR count). The largest absolute Gasteiger partial charge is 0.379 e. The minimum absolute atomic E-state index is 0.263. The lowest BCUT2D eigenvalue weighted by Crippen LogP contribution is -2.44. The Morgan fingerprint density at radius 2 is 2.00 bits per heavy atom. The van der Waals surface area contributed by atoms with Gasteiger partial charge >= 0.3 is 0 Å². The topological polar surface area (TPSA) is 39.3 Å². The molecule has 0 bridgehead atoms. The second-order valence-electron chi connectivity index (χ2n) is 6.98. The van der Waals surface area contributed by atoms with Crippen molar-refractivity contribution in [3.63, 3.8) is 0 Å². The van der Waals surface area contributed by atoms with Crippen LogP contribution in [0.25, 0.3) is 0 Å². The zero-order chi connectivity index (χ0) is 15.9. The van der Waals surface area contributed by atoms with Crippen molar-refractivity contribution in [3.8, 4) is 0 Å². The quantitative estimate of drug-likeness (QED) is 0.710. The molecule has 2 fully saturated rings. The molecule has 2 aliphatic heterocycles. The second-order valence-corrected chi connectivity index (χ2v) is 6.98. The van der Waals surface area contributed by atoms with Crippen LogP contribution in [0.15, 0.2) is 0 Å². The van der Waals surface area contributed by atoms with Crippen molar-refractivity contribution in [1.29, 1.82) is 0 Å². The monoisotopic (exact) mass is 312 g/mol. The fraction of sp³-hybridized carbons (Fsp3) is 0.938. The van der Waals surface area contributed by atoms with Gasteiger partial charge in [0.1, 0.15) is 0 Å². The normalized spacial score (nSPS) is 26.0. The number of ether oxygens (including phenoxy) is 1. The molecule has 0 aliphatic carbocycles. The fourth-order valence-electron chi connectivity index (χ4n) is 3.28. The maximum Gasteiger partial charge on any atom is 0.236 e. The van der Waals surface area contributed by atoms with E-state index in [-0.39, 0.29) is 5.91 Å². The minimum Gasteiger partial charge on any atom is -0.379 e. The molecule has 6 heteroatoms. The first-order chi connectivity index (χ1) is 10.5. The molecule has 6 nitrogen and oxygen atoms in total. The van der Waals surface area contributed by atoms with Crippen molar-refractivity contribution in [3.05, 3.63) is 0 Å². The molecule has 0 aromatic heterocycles. The number of nitrogens with zero attached hydrogens (tertiary/aromatic N) is 4. The Bertz CT molecular complexity index is 351. The minimum atomic E-state index is 0.263. The third-order valence-corrected chi connectivity index (χ3v) is 4.48. The molecule has 128 valence electrons. The molecule has 0 radical (unpaired) electrons. The van der Waals surface area contributed by atoms with Crippen molar-refractivity contribution < 1.29 is 9.53 Å². The van der Waals surface area contributed by atoms with E-state index in [2.05, 4.69) is 35.8 Å². The van der Waals surface area contributed by atoms with Gasteiger partial charge in [-0.15, -0.1) is 0 Å². The van der Waals surface area contributed by atoms with E-state index in [0.29, 0.717) is 19.1 Å². The summed E-state index contributed by atoms with van der Waals surface area (Å²) >= 11 is 0.